The summed E-state index contributed by atoms with van der Waals surface area (Å²) in [7, 11) is 0. The third kappa shape index (κ3) is 5.15. The lowest BCUT2D eigenvalue weighted by atomic mass is 9.76. The number of rotatable bonds is 6. The Labute approximate surface area is 129 Å². The molecule has 1 aliphatic rings. The number of ether oxygens (including phenoxy) is 1. The number of hydrogen-bond donors (Lipinski definition) is 1. The first-order chi connectivity index (χ1) is 9.85. The molecule has 0 radical (unpaired) electrons. The summed E-state index contributed by atoms with van der Waals surface area (Å²) < 4.78 is 11.9. The van der Waals surface area contributed by atoms with Crippen molar-refractivity contribution in [3.05, 3.63) is 23.2 Å². The van der Waals surface area contributed by atoms with Crippen LogP contribution in [0.4, 0.5) is 0 Å². The second kappa shape index (κ2) is 6.97. The van der Waals surface area contributed by atoms with Crippen LogP contribution in [0.15, 0.2) is 10.5 Å². The van der Waals surface area contributed by atoms with Gasteiger partial charge >= 0.3 is 0 Å². The highest BCUT2D eigenvalue weighted by molar-refractivity contribution is 5.20. The van der Waals surface area contributed by atoms with Crippen LogP contribution in [0, 0.1) is 12.3 Å². The molecule has 0 aliphatic heterocycles. The zero-order chi connectivity index (χ0) is 15.5. The fourth-order valence-corrected chi connectivity index (χ4v) is 2.87. The number of furan rings is 1. The van der Waals surface area contributed by atoms with Crippen molar-refractivity contribution >= 4 is 0 Å². The molecular formula is C18H31NO2. The van der Waals surface area contributed by atoms with Crippen LogP contribution < -0.4 is 5.32 Å². The van der Waals surface area contributed by atoms with Crippen LogP contribution in [-0.4, -0.2) is 12.1 Å². The smallest absolute Gasteiger partial charge is 0.118 e. The first kappa shape index (κ1) is 16.6. The van der Waals surface area contributed by atoms with Crippen LogP contribution in [0.5, 0.6) is 0 Å². The molecule has 1 N–H and O–H groups in total. The zero-order valence-corrected chi connectivity index (χ0v) is 14.3. The molecule has 1 aromatic rings. The van der Waals surface area contributed by atoms with E-state index in [2.05, 4.69) is 39.1 Å². The summed E-state index contributed by atoms with van der Waals surface area (Å²) in [6, 6.07) is 2.61. The molecule has 0 unspecified atom stereocenters. The summed E-state index contributed by atoms with van der Waals surface area (Å²) in [5, 5.41) is 3.38. The predicted molar refractivity (Wildman–Crippen MR) is 86.2 cm³/mol. The summed E-state index contributed by atoms with van der Waals surface area (Å²) in [4.78, 5) is 0. The molecule has 0 amide bonds. The van der Waals surface area contributed by atoms with E-state index in [9.17, 15) is 0 Å². The van der Waals surface area contributed by atoms with Crippen LogP contribution in [0.2, 0.25) is 0 Å². The van der Waals surface area contributed by atoms with Crippen molar-refractivity contribution in [1.29, 1.82) is 0 Å². The molecule has 0 aromatic carbocycles. The molecule has 1 aliphatic carbocycles. The molecule has 3 heteroatoms. The van der Waals surface area contributed by atoms with Crippen molar-refractivity contribution in [2.24, 2.45) is 5.41 Å². The minimum absolute atomic E-state index is 0.421. The van der Waals surface area contributed by atoms with Gasteiger partial charge < -0.3 is 14.5 Å². The van der Waals surface area contributed by atoms with Crippen molar-refractivity contribution in [2.45, 2.75) is 85.6 Å². The summed E-state index contributed by atoms with van der Waals surface area (Å²) >= 11 is 0. The fourth-order valence-electron chi connectivity index (χ4n) is 2.87. The molecule has 120 valence electrons. The van der Waals surface area contributed by atoms with Crippen LogP contribution in [0.3, 0.4) is 0 Å². The summed E-state index contributed by atoms with van der Waals surface area (Å²) in [5.41, 5.74) is 1.70. The number of aryl methyl sites for hydroxylation is 1. The van der Waals surface area contributed by atoms with E-state index in [1.54, 1.807) is 0 Å². The Morgan fingerprint density at radius 1 is 1.33 bits per heavy atom. The largest absolute Gasteiger partial charge is 0.465 e. The lowest BCUT2D eigenvalue weighted by Crippen LogP contribution is -2.26. The molecule has 0 saturated heterocycles. The highest BCUT2D eigenvalue weighted by Crippen LogP contribution is 2.36. The first-order valence-corrected chi connectivity index (χ1v) is 8.29. The van der Waals surface area contributed by atoms with Gasteiger partial charge in [-0.2, -0.15) is 0 Å². The van der Waals surface area contributed by atoms with E-state index in [1.807, 2.05) is 6.92 Å². The van der Waals surface area contributed by atoms with E-state index in [-0.39, 0.29) is 0 Å². The SMILES string of the molecule is Cc1oc(CNC(C)C)cc1COC1CCC(C)(C)CC1. The van der Waals surface area contributed by atoms with Gasteiger partial charge in [0.15, 0.2) is 0 Å². The van der Waals surface area contributed by atoms with Crippen LogP contribution in [-0.2, 0) is 17.9 Å². The maximum atomic E-state index is 6.10. The number of nitrogens with one attached hydrogen (secondary N) is 1. The molecule has 1 aromatic heterocycles. The highest BCUT2D eigenvalue weighted by Gasteiger charge is 2.27. The molecule has 2 rings (SSSR count). The van der Waals surface area contributed by atoms with Gasteiger partial charge in [0.05, 0.1) is 19.3 Å². The lowest BCUT2D eigenvalue weighted by molar-refractivity contribution is -0.00598. The van der Waals surface area contributed by atoms with Gasteiger partial charge in [-0.25, -0.2) is 0 Å². The zero-order valence-electron chi connectivity index (χ0n) is 14.3. The van der Waals surface area contributed by atoms with Gasteiger partial charge in [-0.1, -0.05) is 27.7 Å². The first-order valence-electron chi connectivity index (χ1n) is 8.29. The molecule has 21 heavy (non-hydrogen) atoms. The van der Waals surface area contributed by atoms with E-state index in [0.29, 0.717) is 24.2 Å². The van der Waals surface area contributed by atoms with Gasteiger partial charge in [0.25, 0.3) is 0 Å². The molecule has 0 atom stereocenters. The Balaban J connectivity index is 1.80. The third-order valence-electron chi connectivity index (χ3n) is 4.52. The molecule has 0 spiro atoms. The van der Waals surface area contributed by atoms with Gasteiger partial charge in [-0.3, -0.25) is 0 Å². The van der Waals surface area contributed by atoms with Crippen LogP contribution >= 0.6 is 0 Å². The average molecular weight is 293 g/mol. The standard InChI is InChI=1S/C18H31NO2/c1-13(2)19-11-17-10-15(14(3)21-17)12-20-16-6-8-18(4,5)9-7-16/h10,13,16,19H,6-9,11-12H2,1-5H3. The quantitative estimate of drug-likeness (QED) is 0.834. The molecule has 0 bridgehead atoms. The summed E-state index contributed by atoms with van der Waals surface area (Å²) in [5.74, 6) is 2.00. The molecular weight excluding hydrogens is 262 g/mol. The maximum Gasteiger partial charge on any atom is 0.118 e. The van der Waals surface area contributed by atoms with E-state index in [0.717, 1.165) is 18.1 Å². The lowest BCUT2D eigenvalue weighted by Gasteiger charge is -2.34. The summed E-state index contributed by atoms with van der Waals surface area (Å²) in [6.07, 6.45) is 5.33. The monoisotopic (exact) mass is 293 g/mol. The molecule has 1 saturated carbocycles. The Hall–Kier alpha value is -0.800. The van der Waals surface area contributed by atoms with E-state index < -0.39 is 0 Å². The predicted octanol–water partition coefficient (Wildman–Crippen LogP) is 4.57. The van der Waals surface area contributed by atoms with Crippen molar-refractivity contribution in [3.8, 4) is 0 Å². The van der Waals surface area contributed by atoms with Gasteiger partial charge in [-0.05, 0) is 44.1 Å². The summed E-state index contributed by atoms with van der Waals surface area (Å²) in [6.45, 7) is 12.5. The van der Waals surface area contributed by atoms with Crippen LogP contribution in [0.1, 0.15) is 70.5 Å². The van der Waals surface area contributed by atoms with Gasteiger partial charge in [0, 0.05) is 11.6 Å². The molecule has 3 nitrogen and oxygen atoms in total. The maximum absolute atomic E-state index is 6.10. The molecule has 1 fully saturated rings. The van der Waals surface area contributed by atoms with Gasteiger partial charge in [-0.15, -0.1) is 0 Å². The average Bonchev–Trinajstić information content (AvgIpc) is 2.76. The van der Waals surface area contributed by atoms with Crippen LogP contribution in [0.25, 0.3) is 0 Å². The van der Waals surface area contributed by atoms with Crippen molar-refractivity contribution in [1.82, 2.24) is 5.32 Å². The number of hydrogen-bond acceptors (Lipinski definition) is 3. The normalized spacial score (nSPS) is 19.3. The molecule has 1 heterocycles. The van der Waals surface area contributed by atoms with E-state index in [1.165, 1.54) is 31.2 Å². The second-order valence-electron chi connectivity index (χ2n) is 7.50. The minimum Gasteiger partial charge on any atom is -0.465 e. The fraction of sp³-hybridized carbons (Fsp3) is 0.778. The highest BCUT2D eigenvalue weighted by atomic mass is 16.5. The Morgan fingerprint density at radius 2 is 2.00 bits per heavy atom. The Bertz CT molecular complexity index is 438. The van der Waals surface area contributed by atoms with E-state index >= 15 is 0 Å². The Morgan fingerprint density at radius 3 is 2.62 bits per heavy atom. The minimum atomic E-state index is 0.421. The van der Waals surface area contributed by atoms with Gasteiger partial charge in [0.1, 0.15) is 11.5 Å². The second-order valence-corrected chi connectivity index (χ2v) is 7.50. The van der Waals surface area contributed by atoms with Crippen molar-refractivity contribution < 1.29 is 9.15 Å². The Kier molecular flexibility index (Phi) is 5.50. The topological polar surface area (TPSA) is 34.4 Å². The van der Waals surface area contributed by atoms with Crippen molar-refractivity contribution in [2.75, 3.05) is 0 Å². The van der Waals surface area contributed by atoms with E-state index in [4.69, 9.17) is 9.15 Å². The van der Waals surface area contributed by atoms with Crippen molar-refractivity contribution in [3.63, 3.8) is 0 Å². The van der Waals surface area contributed by atoms with Gasteiger partial charge in [0.2, 0.25) is 0 Å². The third-order valence-corrected chi connectivity index (χ3v) is 4.52.